The van der Waals surface area contributed by atoms with Crippen molar-refractivity contribution in [1.82, 2.24) is 0 Å². The van der Waals surface area contributed by atoms with Gasteiger partial charge in [0, 0.05) is 11.1 Å². The molecule has 0 bridgehead atoms. The lowest BCUT2D eigenvalue weighted by Gasteiger charge is -2.13. The van der Waals surface area contributed by atoms with E-state index >= 15 is 0 Å². The number of furan rings is 1. The summed E-state index contributed by atoms with van der Waals surface area (Å²) in [5.41, 5.74) is 3.72. The highest BCUT2D eigenvalue weighted by Gasteiger charge is 2.17. The molecule has 0 saturated carbocycles. The van der Waals surface area contributed by atoms with Gasteiger partial charge in [-0.15, -0.1) is 0 Å². The fraction of sp³-hybridized carbons (Fsp3) is 0.250. The molecule has 0 unspecified atom stereocenters. The topological polar surface area (TPSA) is 51.5 Å². The fourth-order valence-corrected chi connectivity index (χ4v) is 2.89. The number of rotatable bonds is 5. The number of hydrogen-bond donors (Lipinski definition) is 1. The van der Waals surface area contributed by atoms with Crippen molar-refractivity contribution in [2.45, 2.75) is 26.7 Å². The maximum Gasteiger partial charge on any atom is 0.291 e. The first-order valence-electron chi connectivity index (χ1n) is 8.16. The normalized spacial score (nSPS) is 10.8. The van der Waals surface area contributed by atoms with Crippen LogP contribution in [0.25, 0.3) is 11.0 Å². The molecule has 0 atom stereocenters. The van der Waals surface area contributed by atoms with Crippen LogP contribution in [0, 0.1) is 0 Å². The Bertz CT molecular complexity index is 857. The van der Waals surface area contributed by atoms with E-state index in [0.717, 1.165) is 35.0 Å². The Kier molecular flexibility index (Phi) is 4.56. The van der Waals surface area contributed by atoms with Crippen molar-refractivity contribution in [2.75, 3.05) is 12.4 Å². The van der Waals surface area contributed by atoms with Crippen molar-refractivity contribution in [3.63, 3.8) is 0 Å². The highest BCUT2D eigenvalue weighted by molar-refractivity contribution is 6.05. The van der Waals surface area contributed by atoms with Gasteiger partial charge < -0.3 is 14.5 Å². The van der Waals surface area contributed by atoms with Crippen molar-refractivity contribution in [3.05, 3.63) is 59.4 Å². The standard InChI is InChI=1S/C20H21NO3/c1-4-13-8-6-9-14(5-2)18(13)21-20(22)17-12-15-10-7-11-16(23-3)19(15)24-17/h6-12H,4-5H2,1-3H3,(H,21,22). The summed E-state index contributed by atoms with van der Waals surface area (Å²) >= 11 is 0. The van der Waals surface area contributed by atoms with E-state index in [9.17, 15) is 4.79 Å². The number of amides is 1. The minimum atomic E-state index is -0.246. The van der Waals surface area contributed by atoms with Crippen LogP contribution in [-0.2, 0) is 12.8 Å². The number of benzene rings is 2. The van der Waals surface area contributed by atoms with E-state index in [4.69, 9.17) is 9.15 Å². The lowest BCUT2D eigenvalue weighted by molar-refractivity contribution is 0.0998. The lowest BCUT2D eigenvalue weighted by Crippen LogP contribution is -2.14. The monoisotopic (exact) mass is 323 g/mol. The minimum Gasteiger partial charge on any atom is -0.493 e. The van der Waals surface area contributed by atoms with Crippen LogP contribution in [0.2, 0.25) is 0 Å². The molecule has 0 aliphatic rings. The number of nitrogens with one attached hydrogen (secondary N) is 1. The Balaban J connectivity index is 1.96. The van der Waals surface area contributed by atoms with E-state index in [1.54, 1.807) is 13.2 Å². The molecular weight excluding hydrogens is 302 g/mol. The molecule has 3 aromatic rings. The third kappa shape index (κ3) is 2.87. The molecule has 0 fully saturated rings. The van der Waals surface area contributed by atoms with E-state index in [2.05, 4.69) is 19.2 Å². The van der Waals surface area contributed by atoms with Gasteiger partial charge in [-0.1, -0.05) is 44.2 Å². The third-order valence-electron chi connectivity index (χ3n) is 4.19. The summed E-state index contributed by atoms with van der Waals surface area (Å²) in [4.78, 5) is 12.7. The van der Waals surface area contributed by atoms with Crippen LogP contribution in [0.3, 0.4) is 0 Å². The molecule has 1 aromatic heterocycles. The number of carbonyl (C=O) groups is 1. The summed E-state index contributed by atoms with van der Waals surface area (Å²) in [6.07, 6.45) is 1.72. The molecule has 0 aliphatic heterocycles. The first-order chi connectivity index (χ1) is 11.7. The van der Waals surface area contributed by atoms with Crippen molar-refractivity contribution >= 4 is 22.6 Å². The molecule has 4 nitrogen and oxygen atoms in total. The van der Waals surface area contributed by atoms with Crippen molar-refractivity contribution in [1.29, 1.82) is 0 Å². The van der Waals surface area contributed by atoms with Gasteiger partial charge in [0.15, 0.2) is 17.1 Å². The molecule has 4 heteroatoms. The van der Waals surface area contributed by atoms with Crippen molar-refractivity contribution in [2.24, 2.45) is 0 Å². The molecule has 24 heavy (non-hydrogen) atoms. The number of fused-ring (bicyclic) bond motifs is 1. The number of hydrogen-bond acceptors (Lipinski definition) is 3. The van der Waals surface area contributed by atoms with Crippen LogP contribution in [-0.4, -0.2) is 13.0 Å². The minimum absolute atomic E-state index is 0.246. The van der Waals surface area contributed by atoms with Gasteiger partial charge in [-0.05, 0) is 36.1 Å². The first kappa shape index (κ1) is 16.1. The van der Waals surface area contributed by atoms with Gasteiger partial charge in [0.25, 0.3) is 5.91 Å². The Morgan fingerprint density at radius 2 is 1.75 bits per heavy atom. The zero-order valence-electron chi connectivity index (χ0n) is 14.2. The molecular formula is C20H21NO3. The Hall–Kier alpha value is -2.75. The second-order valence-corrected chi connectivity index (χ2v) is 5.60. The van der Waals surface area contributed by atoms with E-state index in [0.29, 0.717) is 11.3 Å². The summed E-state index contributed by atoms with van der Waals surface area (Å²) in [7, 11) is 1.59. The molecule has 0 radical (unpaired) electrons. The second kappa shape index (κ2) is 6.79. The van der Waals surface area contributed by atoms with Gasteiger partial charge in [-0.25, -0.2) is 0 Å². The SMILES string of the molecule is CCc1cccc(CC)c1NC(=O)c1cc2cccc(OC)c2o1. The molecule has 1 heterocycles. The average Bonchev–Trinajstić information content (AvgIpc) is 3.06. The second-order valence-electron chi connectivity index (χ2n) is 5.60. The summed E-state index contributed by atoms with van der Waals surface area (Å²) in [5, 5.41) is 3.87. The van der Waals surface area contributed by atoms with Crippen LogP contribution in [0.1, 0.15) is 35.5 Å². The first-order valence-corrected chi connectivity index (χ1v) is 8.16. The molecule has 0 aliphatic carbocycles. The summed E-state index contributed by atoms with van der Waals surface area (Å²) in [5.74, 6) is 0.654. The zero-order valence-corrected chi connectivity index (χ0v) is 14.2. The number of para-hydroxylation sites is 2. The Morgan fingerprint density at radius 1 is 1.08 bits per heavy atom. The maximum absolute atomic E-state index is 12.7. The molecule has 2 aromatic carbocycles. The van der Waals surface area contributed by atoms with Gasteiger partial charge in [0.2, 0.25) is 0 Å². The van der Waals surface area contributed by atoms with Gasteiger partial charge in [-0.2, -0.15) is 0 Å². The van der Waals surface area contributed by atoms with Gasteiger partial charge in [0.1, 0.15) is 0 Å². The molecule has 1 amide bonds. The maximum atomic E-state index is 12.7. The highest BCUT2D eigenvalue weighted by Crippen LogP contribution is 2.29. The highest BCUT2D eigenvalue weighted by atomic mass is 16.5. The van der Waals surface area contributed by atoms with Crippen LogP contribution >= 0.6 is 0 Å². The summed E-state index contributed by atoms with van der Waals surface area (Å²) < 4.78 is 11.0. The molecule has 1 N–H and O–H groups in total. The predicted octanol–water partition coefficient (Wildman–Crippen LogP) is 4.82. The Morgan fingerprint density at radius 3 is 2.38 bits per heavy atom. The number of methoxy groups -OCH3 is 1. The van der Waals surface area contributed by atoms with Crippen LogP contribution in [0.5, 0.6) is 5.75 Å². The number of anilines is 1. The smallest absolute Gasteiger partial charge is 0.291 e. The Labute approximate surface area is 141 Å². The quantitative estimate of drug-likeness (QED) is 0.732. The van der Waals surface area contributed by atoms with E-state index < -0.39 is 0 Å². The number of carbonyl (C=O) groups excluding carboxylic acids is 1. The van der Waals surface area contributed by atoms with Crippen molar-refractivity contribution < 1.29 is 13.9 Å². The van der Waals surface area contributed by atoms with Crippen LogP contribution < -0.4 is 10.1 Å². The third-order valence-corrected chi connectivity index (χ3v) is 4.19. The molecule has 0 saturated heterocycles. The number of aryl methyl sites for hydroxylation is 2. The molecule has 0 spiro atoms. The van der Waals surface area contributed by atoms with E-state index in [1.165, 1.54) is 0 Å². The largest absolute Gasteiger partial charge is 0.493 e. The zero-order chi connectivity index (χ0) is 17.1. The van der Waals surface area contributed by atoms with E-state index in [1.807, 2.05) is 36.4 Å². The van der Waals surface area contributed by atoms with E-state index in [-0.39, 0.29) is 11.7 Å². The lowest BCUT2D eigenvalue weighted by atomic mass is 10.0. The van der Waals surface area contributed by atoms with Gasteiger partial charge >= 0.3 is 0 Å². The molecule has 124 valence electrons. The van der Waals surface area contributed by atoms with Crippen LogP contribution in [0.4, 0.5) is 5.69 Å². The molecule has 3 rings (SSSR count). The summed E-state index contributed by atoms with van der Waals surface area (Å²) in [6, 6.07) is 13.4. The van der Waals surface area contributed by atoms with Gasteiger partial charge in [0.05, 0.1) is 7.11 Å². The number of ether oxygens (including phenoxy) is 1. The van der Waals surface area contributed by atoms with Crippen LogP contribution in [0.15, 0.2) is 46.9 Å². The van der Waals surface area contributed by atoms with Crippen molar-refractivity contribution in [3.8, 4) is 5.75 Å². The average molecular weight is 323 g/mol. The van der Waals surface area contributed by atoms with Gasteiger partial charge in [-0.3, -0.25) is 4.79 Å². The predicted molar refractivity (Wildman–Crippen MR) is 95.9 cm³/mol. The fourth-order valence-electron chi connectivity index (χ4n) is 2.89. The summed E-state index contributed by atoms with van der Waals surface area (Å²) in [6.45, 7) is 4.16.